The number of anilines is 1. The summed E-state index contributed by atoms with van der Waals surface area (Å²) in [6.45, 7) is 5.29. The number of aliphatic carboxylic acids is 1. The van der Waals surface area contributed by atoms with Crippen LogP contribution < -0.4 is 10.6 Å². The van der Waals surface area contributed by atoms with Crippen LogP contribution >= 0.6 is 0 Å². The first-order valence-electron chi connectivity index (χ1n) is 6.65. The quantitative estimate of drug-likeness (QED) is 0.361. The minimum atomic E-state index is -1.14. The zero-order chi connectivity index (χ0) is 16.8. The minimum Gasteiger partial charge on any atom is -0.520 e. The van der Waals surface area contributed by atoms with Crippen molar-refractivity contribution < 1.29 is 24.2 Å². The molecule has 0 fully saturated rings. The van der Waals surface area contributed by atoms with E-state index in [9.17, 15) is 14.4 Å². The second kappa shape index (κ2) is 8.02. The third kappa shape index (κ3) is 7.12. The van der Waals surface area contributed by atoms with Gasteiger partial charge < -0.3 is 20.0 Å². The summed E-state index contributed by atoms with van der Waals surface area (Å²) >= 11 is 0. The van der Waals surface area contributed by atoms with Crippen LogP contribution in [-0.4, -0.2) is 35.2 Å². The first kappa shape index (κ1) is 19.4. The normalized spacial score (nSPS) is 11.6. The summed E-state index contributed by atoms with van der Waals surface area (Å²) in [6, 6.07) is 5.54. The summed E-state index contributed by atoms with van der Waals surface area (Å²) in [4.78, 5) is 32.8. The number of nitrogens with one attached hydrogen (secondary N) is 2. The number of carboxylic acids is 1. The summed E-state index contributed by atoms with van der Waals surface area (Å²) in [7, 11) is 0. The van der Waals surface area contributed by atoms with E-state index in [1.54, 1.807) is 45.0 Å². The van der Waals surface area contributed by atoms with Crippen LogP contribution in [0.3, 0.4) is 0 Å². The molecule has 0 radical (unpaired) electrons. The fourth-order valence-electron chi connectivity index (χ4n) is 1.65. The second-order valence-corrected chi connectivity index (χ2v) is 5.67. The van der Waals surface area contributed by atoms with E-state index in [4.69, 9.17) is 9.84 Å². The number of carbonyl (C=O) groups excluding carboxylic acids is 2. The summed E-state index contributed by atoms with van der Waals surface area (Å²) < 4.78 is 5.12. The van der Waals surface area contributed by atoms with E-state index in [0.717, 1.165) is 0 Å². The molecule has 0 spiro atoms. The number of carbonyl (C=O) groups is 2. The van der Waals surface area contributed by atoms with Gasteiger partial charge in [-0.3, -0.25) is 10.1 Å². The van der Waals surface area contributed by atoms with Gasteiger partial charge in [-0.25, -0.2) is 4.79 Å². The van der Waals surface area contributed by atoms with Gasteiger partial charge in [0.05, 0.1) is 0 Å². The van der Waals surface area contributed by atoms with Gasteiger partial charge in [0.2, 0.25) is 0 Å². The Labute approximate surface area is 128 Å². The molecule has 23 heavy (non-hydrogen) atoms. The van der Waals surface area contributed by atoms with E-state index < -0.39 is 23.7 Å². The first-order chi connectivity index (χ1) is 10.2. The van der Waals surface area contributed by atoms with Crippen LogP contribution in [0.1, 0.15) is 26.3 Å². The number of ether oxygens (including phenoxy) is 1. The number of hydrogen-bond acceptors (Lipinski definition) is 4. The Morgan fingerprint density at radius 2 is 1.83 bits per heavy atom. The van der Waals surface area contributed by atoms with Gasteiger partial charge in [0.15, 0.2) is 0 Å². The molecule has 0 saturated carbocycles. The van der Waals surface area contributed by atoms with Gasteiger partial charge in [0.25, 0.3) is 0 Å². The molecule has 0 aromatic heterocycles. The number of carboxylic acid groups (broad SMARTS) is 1. The summed E-state index contributed by atoms with van der Waals surface area (Å²) in [5.74, 6) is -1.14. The van der Waals surface area contributed by atoms with Crippen LogP contribution in [0.4, 0.5) is 10.5 Å². The number of benzene rings is 1. The Kier molecular flexibility index (Phi) is 6.77. The van der Waals surface area contributed by atoms with E-state index >= 15 is 0 Å². The zero-order valence-corrected chi connectivity index (χ0v) is 15.4. The van der Waals surface area contributed by atoms with Crippen LogP contribution in [-0.2, 0) is 20.7 Å². The third-order valence-corrected chi connectivity index (χ3v) is 2.57. The molecule has 3 N–H and O–H groups in total. The Bertz CT molecular complexity index is 540. The molecule has 2 amide bonds. The smallest absolute Gasteiger partial charge is 0.412 e. The summed E-state index contributed by atoms with van der Waals surface area (Å²) in [5, 5.41) is 13.6. The van der Waals surface area contributed by atoms with Crippen LogP contribution in [0.5, 0.6) is 0 Å². The van der Waals surface area contributed by atoms with Crippen molar-refractivity contribution in [2.24, 2.45) is 0 Å². The molecular weight excluding hydrogens is 545 g/mol. The van der Waals surface area contributed by atoms with Gasteiger partial charge in [-0.2, -0.15) is 6.41 Å². The number of hydrogen-bond donors (Lipinski definition) is 3. The van der Waals surface area contributed by atoms with Crippen molar-refractivity contribution >= 4 is 24.2 Å². The van der Waals surface area contributed by atoms with E-state index in [-0.39, 0.29) is 6.42 Å². The van der Waals surface area contributed by atoms with E-state index in [1.165, 1.54) is 6.41 Å². The molecule has 7 nitrogen and oxygen atoms in total. The third-order valence-electron chi connectivity index (χ3n) is 2.57. The van der Waals surface area contributed by atoms with Crippen molar-refractivity contribution in [2.45, 2.75) is 38.8 Å². The largest absolute Gasteiger partial charge is 0.520 e. The molecular formula is C15H19FmN2O5-. The average Bonchev–Trinajstić information content (AvgIpc) is 2.38. The molecule has 0 aliphatic heterocycles. The molecule has 0 aliphatic rings. The van der Waals surface area contributed by atoms with Gasteiger partial charge in [-0.15, -0.1) is 0 Å². The maximum absolute atomic E-state index is 11.6. The molecule has 1 aromatic carbocycles. The molecule has 0 saturated heterocycles. The molecule has 8 heteroatoms. The SMILES string of the molecule is CC(C)(C)OC(=O)Nc1ccc(CC(N[C-]=O)C(=O)O)cc1.[Fm]. The average molecular weight is 564 g/mol. The Balaban J connectivity index is 0.00000484. The topological polar surface area (TPSA) is 105 Å². The van der Waals surface area contributed by atoms with Gasteiger partial charge >= 0.3 is 12.1 Å². The van der Waals surface area contributed by atoms with Gasteiger partial charge in [0, 0.05) is 12.1 Å². The van der Waals surface area contributed by atoms with Gasteiger partial charge in [0.1, 0.15) is 11.6 Å². The predicted octanol–water partition coefficient (Wildman–Crippen LogP) is 1.69. The van der Waals surface area contributed by atoms with E-state index in [1.807, 2.05) is 0 Å². The Morgan fingerprint density at radius 1 is 1.26 bits per heavy atom. The monoisotopic (exact) mass is 564 g/mol. The first-order valence-corrected chi connectivity index (χ1v) is 6.65. The van der Waals surface area contributed by atoms with E-state index in [0.29, 0.717) is 11.3 Å². The van der Waals surface area contributed by atoms with Crippen molar-refractivity contribution in [3.63, 3.8) is 0 Å². The van der Waals surface area contributed by atoms with Crippen molar-refractivity contribution in [1.82, 2.24) is 5.32 Å². The molecule has 0 aliphatic carbocycles. The number of amides is 2. The molecule has 1 aromatic rings. The standard InChI is InChI=1S/C15H19N2O5.Fm/c1-15(2,3)22-14(21)17-11-6-4-10(5-7-11)8-12(13(19)20)16-9-18;/h4-7,12H,8H2,1-3H3,(H,16,18)(H,17,21)(H,19,20);/q-1;. The van der Waals surface area contributed by atoms with Crippen LogP contribution in [0.25, 0.3) is 0 Å². The van der Waals surface area contributed by atoms with Gasteiger partial charge in [-0.05, 0) is 38.5 Å². The van der Waals surface area contributed by atoms with Crippen LogP contribution in [0, 0.1) is 0 Å². The predicted molar refractivity (Wildman–Crippen MR) is 80.3 cm³/mol. The maximum Gasteiger partial charge on any atom is 0.412 e. The van der Waals surface area contributed by atoms with Crippen LogP contribution in [0.15, 0.2) is 24.3 Å². The van der Waals surface area contributed by atoms with Gasteiger partial charge in [-0.1, -0.05) is 12.1 Å². The fraction of sp³-hybridized carbons (Fsp3) is 0.400. The van der Waals surface area contributed by atoms with Crippen molar-refractivity contribution in [3.8, 4) is 0 Å². The maximum atomic E-state index is 11.6. The number of rotatable bonds is 6. The fourth-order valence-corrected chi connectivity index (χ4v) is 1.65. The van der Waals surface area contributed by atoms with E-state index in [2.05, 4.69) is 10.6 Å². The molecule has 1 rings (SSSR count). The minimum absolute atomic E-state index is 0. The molecule has 1 unspecified atom stereocenters. The zero-order valence-electron chi connectivity index (χ0n) is 13.0. The van der Waals surface area contributed by atoms with Crippen molar-refractivity contribution in [3.05, 3.63) is 29.8 Å². The summed E-state index contributed by atoms with van der Waals surface area (Å²) in [6.07, 6.45) is 0.928. The molecule has 0 heterocycles. The summed E-state index contributed by atoms with van der Waals surface area (Å²) in [5.41, 5.74) is 0.639. The second-order valence-electron chi connectivity index (χ2n) is 5.67. The van der Waals surface area contributed by atoms with Crippen LogP contribution in [0.2, 0.25) is 0 Å². The molecule has 0 bridgehead atoms. The molecule has 132 valence electrons. The molecule has 1 atom stereocenters. The Morgan fingerprint density at radius 3 is 2.26 bits per heavy atom. The van der Waals surface area contributed by atoms with Crippen molar-refractivity contribution in [1.29, 1.82) is 0 Å². The Hall–Kier alpha value is -3.57. The van der Waals surface area contributed by atoms with Crippen molar-refractivity contribution in [2.75, 3.05) is 5.32 Å².